The molecule has 4 heteroatoms. The van der Waals surface area contributed by atoms with E-state index in [2.05, 4.69) is 22.0 Å². The molecule has 80 valence electrons. The van der Waals surface area contributed by atoms with Crippen molar-refractivity contribution in [2.24, 2.45) is 5.73 Å². The number of nitrogens with two attached hydrogens (primary N) is 1. The third kappa shape index (κ3) is 1.60. The molecule has 0 spiro atoms. The van der Waals surface area contributed by atoms with Crippen LogP contribution in [0.25, 0.3) is 0 Å². The molecule has 15 heavy (non-hydrogen) atoms. The molecule has 0 aliphatic carbocycles. The van der Waals surface area contributed by atoms with Gasteiger partial charge in [0.25, 0.3) is 0 Å². The van der Waals surface area contributed by atoms with Crippen molar-refractivity contribution in [2.75, 3.05) is 18.0 Å². The second-order valence-electron chi connectivity index (χ2n) is 4.26. The number of anilines is 1. The van der Waals surface area contributed by atoms with Gasteiger partial charge >= 0.3 is 0 Å². The molecule has 2 N–H and O–H groups in total. The maximum Gasteiger partial charge on any atom is 0.128 e. The fraction of sp³-hybridized carbons (Fsp3) is 0.545. The van der Waals surface area contributed by atoms with E-state index in [-0.39, 0.29) is 0 Å². The van der Waals surface area contributed by atoms with Crippen LogP contribution in [0, 0.1) is 0 Å². The fourth-order valence-electron chi connectivity index (χ4n) is 2.20. The summed E-state index contributed by atoms with van der Waals surface area (Å²) in [5.41, 5.74) is 8.20. The summed E-state index contributed by atoms with van der Waals surface area (Å²) in [6.45, 7) is 3.31. The van der Waals surface area contributed by atoms with Gasteiger partial charge in [-0.25, -0.2) is 4.98 Å². The van der Waals surface area contributed by atoms with Gasteiger partial charge in [-0.1, -0.05) is 6.07 Å². The van der Waals surface area contributed by atoms with E-state index in [1.54, 1.807) is 0 Å². The molecule has 0 aromatic carbocycles. The lowest BCUT2D eigenvalue weighted by molar-refractivity contribution is 0.133. The lowest BCUT2D eigenvalue weighted by Crippen LogP contribution is -2.27. The van der Waals surface area contributed by atoms with Crippen molar-refractivity contribution in [3.63, 3.8) is 0 Å². The lowest BCUT2D eigenvalue weighted by Gasteiger charge is -2.17. The Morgan fingerprint density at radius 3 is 3.13 bits per heavy atom. The average molecular weight is 205 g/mol. The van der Waals surface area contributed by atoms with Crippen LogP contribution in [0.5, 0.6) is 0 Å². The molecule has 1 unspecified atom stereocenters. The van der Waals surface area contributed by atoms with Crippen molar-refractivity contribution >= 4 is 5.82 Å². The second kappa shape index (κ2) is 3.47. The van der Waals surface area contributed by atoms with Crippen LogP contribution in [0.2, 0.25) is 0 Å². The van der Waals surface area contributed by atoms with E-state index in [9.17, 15) is 0 Å². The lowest BCUT2D eigenvalue weighted by atomic mass is 10.2. The maximum atomic E-state index is 5.88. The Morgan fingerprint density at radius 1 is 1.40 bits per heavy atom. The van der Waals surface area contributed by atoms with Gasteiger partial charge in [-0.3, -0.25) is 0 Å². The first-order chi connectivity index (χ1) is 7.33. The number of rotatable bonds is 1. The highest BCUT2D eigenvalue weighted by molar-refractivity contribution is 5.43. The van der Waals surface area contributed by atoms with Crippen molar-refractivity contribution in [2.45, 2.75) is 25.7 Å². The topological polar surface area (TPSA) is 51.4 Å². The summed E-state index contributed by atoms with van der Waals surface area (Å²) in [6, 6.07) is 4.50. The van der Waals surface area contributed by atoms with Crippen LogP contribution in [-0.4, -0.2) is 24.1 Å². The molecule has 0 amide bonds. The highest BCUT2D eigenvalue weighted by Crippen LogP contribution is 2.23. The molecule has 0 saturated carbocycles. The quantitative estimate of drug-likeness (QED) is 0.731. The van der Waals surface area contributed by atoms with Gasteiger partial charge in [0.1, 0.15) is 5.82 Å². The van der Waals surface area contributed by atoms with E-state index in [4.69, 9.17) is 10.5 Å². The Labute approximate surface area is 89.0 Å². The standard InChI is InChI=1S/C11H15N3O/c12-9-3-4-14(5-9)11-2-1-8-6-15-7-10(8)13-11/h1-2,9H,3-7,12H2. The van der Waals surface area contributed by atoms with Crippen LogP contribution in [0.1, 0.15) is 17.7 Å². The predicted molar refractivity (Wildman–Crippen MR) is 57.5 cm³/mol. The third-order valence-corrected chi connectivity index (χ3v) is 3.10. The molecule has 1 saturated heterocycles. The average Bonchev–Trinajstić information content (AvgIpc) is 2.84. The first kappa shape index (κ1) is 9.12. The summed E-state index contributed by atoms with van der Waals surface area (Å²) in [5.74, 6) is 1.05. The van der Waals surface area contributed by atoms with Gasteiger partial charge in [-0.05, 0) is 12.5 Å². The van der Waals surface area contributed by atoms with Gasteiger partial charge in [0.05, 0.1) is 18.9 Å². The van der Waals surface area contributed by atoms with Crippen LogP contribution in [0.3, 0.4) is 0 Å². The molecule has 2 aliphatic heterocycles. The van der Waals surface area contributed by atoms with Gasteiger partial charge in [-0.2, -0.15) is 0 Å². The van der Waals surface area contributed by atoms with Gasteiger partial charge in [0, 0.05) is 24.7 Å². The Bertz CT molecular complexity index is 380. The minimum Gasteiger partial charge on any atom is -0.370 e. The molecule has 0 radical (unpaired) electrons. The number of hydrogen-bond donors (Lipinski definition) is 1. The largest absolute Gasteiger partial charge is 0.370 e. The van der Waals surface area contributed by atoms with Gasteiger partial charge in [0.2, 0.25) is 0 Å². The summed E-state index contributed by atoms with van der Waals surface area (Å²) in [4.78, 5) is 6.87. The molecule has 2 aliphatic rings. The molecular formula is C11H15N3O. The van der Waals surface area contributed by atoms with Crippen molar-refractivity contribution in [1.82, 2.24) is 4.98 Å². The van der Waals surface area contributed by atoms with Crippen molar-refractivity contribution < 1.29 is 4.74 Å². The summed E-state index contributed by atoms with van der Waals surface area (Å²) in [7, 11) is 0. The smallest absolute Gasteiger partial charge is 0.128 e. The highest BCUT2D eigenvalue weighted by atomic mass is 16.5. The molecule has 1 aromatic rings. The number of hydrogen-bond acceptors (Lipinski definition) is 4. The van der Waals surface area contributed by atoms with Gasteiger partial charge < -0.3 is 15.4 Å². The Hall–Kier alpha value is -1.13. The van der Waals surface area contributed by atoms with Crippen LogP contribution >= 0.6 is 0 Å². The van der Waals surface area contributed by atoms with Gasteiger partial charge in [0.15, 0.2) is 0 Å². The van der Waals surface area contributed by atoms with Crippen molar-refractivity contribution in [3.8, 4) is 0 Å². The zero-order valence-electron chi connectivity index (χ0n) is 8.65. The predicted octanol–water partition coefficient (Wildman–Crippen LogP) is 0.649. The summed E-state index contributed by atoms with van der Waals surface area (Å²) < 4.78 is 5.35. The Kier molecular flexibility index (Phi) is 2.11. The second-order valence-corrected chi connectivity index (χ2v) is 4.26. The van der Waals surface area contributed by atoms with Crippen LogP contribution in [-0.2, 0) is 18.0 Å². The molecule has 3 rings (SSSR count). The van der Waals surface area contributed by atoms with E-state index >= 15 is 0 Å². The van der Waals surface area contributed by atoms with Gasteiger partial charge in [-0.15, -0.1) is 0 Å². The molecular weight excluding hydrogens is 190 g/mol. The van der Waals surface area contributed by atoms with E-state index in [1.807, 2.05) is 0 Å². The van der Waals surface area contributed by atoms with Crippen LogP contribution in [0.15, 0.2) is 12.1 Å². The van der Waals surface area contributed by atoms with E-state index in [0.29, 0.717) is 19.3 Å². The molecule has 1 fully saturated rings. The number of ether oxygens (including phenoxy) is 1. The number of nitrogens with zero attached hydrogens (tertiary/aromatic N) is 2. The maximum absolute atomic E-state index is 5.88. The minimum atomic E-state index is 0.302. The van der Waals surface area contributed by atoms with Crippen molar-refractivity contribution in [3.05, 3.63) is 23.4 Å². The summed E-state index contributed by atoms with van der Waals surface area (Å²) in [6.07, 6.45) is 1.06. The SMILES string of the molecule is NC1CCN(c2ccc3c(n2)COC3)C1. The zero-order chi connectivity index (χ0) is 10.3. The molecule has 3 heterocycles. The van der Waals surface area contributed by atoms with Crippen LogP contribution < -0.4 is 10.6 Å². The molecule has 1 atom stereocenters. The third-order valence-electron chi connectivity index (χ3n) is 3.10. The van der Waals surface area contributed by atoms with E-state index < -0.39 is 0 Å². The molecule has 1 aromatic heterocycles. The Balaban J connectivity index is 1.87. The normalized spacial score (nSPS) is 24.6. The highest BCUT2D eigenvalue weighted by Gasteiger charge is 2.22. The first-order valence-electron chi connectivity index (χ1n) is 5.40. The fourth-order valence-corrected chi connectivity index (χ4v) is 2.20. The molecule has 4 nitrogen and oxygen atoms in total. The first-order valence-corrected chi connectivity index (χ1v) is 5.40. The Morgan fingerprint density at radius 2 is 2.33 bits per heavy atom. The monoisotopic (exact) mass is 205 g/mol. The van der Waals surface area contributed by atoms with Crippen molar-refractivity contribution in [1.29, 1.82) is 0 Å². The summed E-state index contributed by atoms with van der Waals surface area (Å²) >= 11 is 0. The minimum absolute atomic E-state index is 0.302. The van der Waals surface area contributed by atoms with Crippen LogP contribution in [0.4, 0.5) is 5.82 Å². The molecule has 0 bridgehead atoms. The van der Waals surface area contributed by atoms with E-state index in [1.165, 1.54) is 5.56 Å². The van der Waals surface area contributed by atoms with E-state index in [0.717, 1.165) is 31.0 Å². The number of fused-ring (bicyclic) bond motifs is 1. The summed E-state index contributed by atoms with van der Waals surface area (Å²) in [5, 5.41) is 0. The number of pyridine rings is 1. The zero-order valence-corrected chi connectivity index (χ0v) is 8.65. The number of aromatic nitrogens is 1.